The summed E-state index contributed by atoms with van der Waals surface area (Å²) in [5.41, 5.74) is 2.51. The summed E-state index contributed by atoms with van der Waals surface area (Å²) >= 11 is 0. The molecule has 0 radical (unpaired) electrons. The number of hydrogen-bond acceptors (Lipinski definition) is 2. The highest BCUT2D eigenvalue weighted by molar-refractivity contribution is 6.03. The van der Waals surface area contributed by atoms with E-state index >= 15 is 0 Å². The molecule has 0 heterocycles. The third kappa shape index (κ3) is 3.39. The number of benzene rings is 4. The number of fused-ring (bicyclic) bond motifs is 2. The highest BCUT2D eigenvalue weighted by atomic mass is 16.1. The minimum atomic E-state index is 0.0104. The van der Waals surface area contributed by atoms with E-state index in [2.05, 4.69) is 30.3 Å². The smallest absolute Gasteiger partial charge is 0.163 e. The molecule has 0 unspecified atom stereocenters. The normalized spacial score (nSPS) is 11.0. The lowest BCUT2D eigenvalue weighted by atomic mass is 9.92. The van der Waals surface area contributed by atoms with Crippen LogP contribution in [0.5, 0.6) is 0 Å². The van der Waals surface area contributed by atoms with Crippen molar-refractivity contribution in [3.05, 3.63) is 95.6 Å². The molecule has 4 aromatic carbocycles. The third-order valence-electron chi connectivity index (χ3n) is 5.10. The molecule has 2 nitrogen and oxygen atoms in total. The van der Waals surface area contributed by atoms with Gasteiger partial charge in [0.15, 0.2) is 11.6 Å². The van der Waals surface area contributed by atoms with E-state index in [1.165, 1.54) is 34.0 Å². The van der Waals surface area contributed by atoms with E-state index in [1.807, 2.05) is 24.3 Å². The van der Waals surface area contributed by atoms with Gasteiger partial charge in [-0.1, -0.05) is 72.8 Å². The molecular weight excluding hydrogens is 332 g/mol. The lowest BCUT2D eigenvalue weighted by Gasteiger charge is -2.11. The topological polar surface area (TPSA) is 34.1 Å². The van der Waals surface area contributed by atoms with Gasteiger partial charge in [-0.15, -0.1) is 0 Å². The Kier molecular flexibility index (Phi) is 4.55. The van der Waals surface area contributed by atoms with Gasteiger partial charge in [0, 0.05) is 17.5 Å². The summed E-state index contributed by atoms with van der Waals surface area (Å²) in [5.74, 6) is 0.110. The van der Waals surface area contributed by atoms with Crippen molar-refractivity contribution in [3.63, 3.8) is 0 Å². The molecule has 27 heavy (non-hydrogen) atoms. The maximum Gasteiger partial charge on any atom is 0.163 e. The summed E-state index contributed by atoms with van der Waals surface area (Å²) < 4.78 is 0. The van der Waals surface area contributed by atoms with Gasteiger partial charge in [-0.3, -0.25) is 9.59 Å². The maximum atomic E-state index is 12.7. The molecule has 4 rings (SSSR count). The Bertz CT molecular complexity index is 1100. The molecule has 0 aromatic heterocycles. The van der Waals surface area contributed by atoms with Crippen LogP contribution in [-0.4, -0.2) is 11.6 Å². The van der Waals surface area contributed by atoms with Crippen LogP contribution in [0.1, 0.15) is 39.6 Å². The predicted molar refractivity (Wildman–Crippen MR) is 111 cm³/mol. The summed E-state index contributed by atoms with van der Waals surface area (Å²) in [5, 5.41) is 4.81. The van der Waals surface area contributed by atoms with E-state index in [4.69, 9.17) is 0 Å². The molecule has 132 valence electrons. The predicted octanol–water partition coefficient (Wildman–Crippen LogP) is 6.01. The van der Waals surface area contributed by atoms with E-state index < -0.39 is 0 Å². The van der Waals surface area contributed by atoms with E-state index in [0.29, 0.717) is 24.0 Å². The Hall–Kier alpha value is -3.26. The first kappa shape index (κ1) is 17.2. The quantitative estimate of drug-likeness (QED) is 0.325. The molecule has 0 saturated heterocycles. The van der Waals surface area contributed by atoms with Crippen molar-refractivity contribution in [1.82, 2.24) is 0 Å². The Labute approximate surface area is 158 Å². The van der Waals surface area contributed by atoms with Crippen molar-refractivity contribution in [2.75, 3.05) is 0 Å². The first-order valence-electron chi connectivity index (χ1n) is 9.17. The number of carbonyl (C=O) groups is 2. The fraction of sp³-hybridized carbons (Fsp3) is 0.120. The Balaban J connectivity index is 1.66. The van der Waals surface area contributed by atoms with E-state index in [9.17, 15) is 9.59 Å². The number of ketones is 2. The van der Waals surface area contributed by atoms with Gasteiger partial charge in [-0.2, -0.15) is 0 Å². The first-order chi connectivity index (χ1) is 13.1. The largest absolute Gasteiger partial charge is 0.295 e. The van der Waals surface area contributed by atoms with Crippen LogP contribution in [0.2, 0.25) is 0 Å². The SMILES string of the molecule is CC(=O)c1ccc(C(=O)CCc2c3ccccc3cc3ccccc23)cc1. The molecule has 0 aliphatic rings. The Morgan fingerprint density at radius 3 is 1.78 bits per heavy atom. The van der Waals surface area contributed by atoms with E-state index in [-0.39, 0.29) is 11.6 Å². The molecule has 0 saturated carbocycles. The van der Waals surface area contributed by atoms with Crippen LogP contribution in [-0.2, 0) is 6.42 Å². The van der Waals surface area contributed by atoms with Crippen LogP contribution in [0.15, 0.2) is 78.9 Å². The fourth-order valence-corrected chi connectivity index (χ4v) is 3.65. The zero-order chi connectivity index (χ0) is 18.8. The van der Waals surface area contributed by atoms with Crippen LogP contribution in [0.25, 0.3) is 21.5 Å². The standard InChI is InChI=1S/C25H20O2/c1-17(26)18-10-12-19(13-11-18)25(27)15-14-24-22-8-4-2-6-20(22)16-21-7-3-5-9-23(21)24/h2-13,16H,14-15H2,1H3. The van der Waals surface area contributed by atoms with Crippen molar-refractivity contribution in [2.24, 2.45) is 0 Å². The molecule has 0 spiro atoms. The van der Waals surface area contributed by atoms with E-state index in [0.717, 1.165) is 0 Å². The fourth-order valence-electron chi connectivity index (χ4n) is 3.65. The van der Waals surface area contributed by atoms with Crippen molar-refractivity contribution in [1.29, 1.82) is 0 Å². The van der Waals surface area contributed by atoms with E-state index in [1.54, 1.807) is 24.3 Å². The average molecular weight is 352 g/mol. The van der Waals surface area contributed by atoms with Gasteiger partial charge in [-0.25, -0.2) is 0 Å². The second-order valence-electron chi connectivity index (χ2n) is 6.85. The average Bonchev–Trinajstić information content (AvgIpc) is 2.71. The minimum Gasteiger partial charge on any atom is -0.295 e. The minimum absolute atomic E-state index is 0.0104. The zero-order valence-electron chi connectivity index (χ0n) is 15.2. The number of rotatable bonds is 5. The van der Waals surface area contributed by atoms with Gasteiger partial charge in [0.2, 0.25) is 0 Å². The molecule has 4 aromatic rings. The van der Waals surface area contributed by atoms with Crippen LogP contribution >= 0.6 is 0 Å². The molecule has 0 aliphatic heterocycles. The molecule has 0 amide bonds. The molecular formula is C25H20O2. The number of Topliss-reactive ketones (excluding diaryl/α,β-unsaturated/α-hetero) is 2. The van der Waals surface area contributed by atoms with Gasteiger partial charge in [-0.05, 0) is 46.5 Å². The van der Waals surface area contributed by atoms with Gasteiger partial charge in [0.25, 0.3) is 0 Å². The monoisotopic (exact) mass is 352 g/mol. The molecule has 2 heteroatoms. The molecule has 0 aliphatic carbocycles. The summed E-state index contributed by atoms with van der Waals surface area (Å²) in [6, 6.07) is 25.8. The lowest BCUT2D eigenvalue weighted by Crippen LogP contribution is -2.03. The number of hydrogen-bond donors (Lipinski definition) is 0. The van der Waals surface area contributed by atoms with Crippen LogP contribution in [0, 0.1) is 0 Å². The van der Waals surface area contributed by atoms with Gasteiger partial charge in [0.1, 0.15) is 0 Å². The lowest BCUT2D eigenvalue weighted by molar-refractivity contribution is 0.0979. The summed E-state index contributed by atoms with van der Waals surface area (Å²) in [4.78, 5) is 24.1. The second kappa shape index (κ2) is 7.16. The van der Waals surface area contributed by atoms with Gasteiger partial charge in [0.05, 0.1) is 0 Å². The summed E-state index contributed by atoms with van der Waals surface area (Å²) in [6.07, 6.45) is 1.13. The number of carbonyl (C=O) groups excluding carboxylic acids is 2. The highest BCUT2D eigenvalue weighted by Crippen LogP contribution is 2.29. The third-order valence-corrected chi connectivity index (χ3v) is 5.10. The van der Waals surface area contributed by atoms with Gasteiger partial charge < -0.3 is 0 Å². The Morgan fingerprint density at radius 2 is 1.22 bits per heavy atom. The van der Waals surface area contributed by atoms with Crippen molar-refractivity contribution < 1.29 is 9.59 Å². The summed E-state index contributed by atoms with van der Waals surface area (Å²) in [6.45, 7) is 1.53. The number of aryl methyl sites for hydroxylation is 1. The van der Waals surface area contributed by atoms with Crippen LogP contribution < -0.4 is 0 Å². The molecule has 0 atom stereocenters. The maximum absolute atomic E-state index is 12.7. The molecule has 0 N–H and O–H groups in total. The Morgan fingerprint density at radius 1 is 0.704 bits per heavy atom. The van der Waals surface area contributed by atoms with Crippen molar-refractivity contribution in [3.8, 4) is 0 Å². The van der Waals surface area contributed by atoms with Crippen LogP contribution in [0.3, 0.4) is 0 Å². The molecule has 0 bridgehead atoms. The molecule has 0 fully saturated rings. The first-order valence-corrected chi connectivity index (χ1v) is 9.17. The highest BCUT2D eigenvalue weighted by Gasteiger charge is 2.11. The van der Waals surface area contributed by atoms with Crippen molar-refractivity contribution in [2.45, 2.75) is 19.8 Å². The summed E-state index contributed by atoms with van der Waals surface area (Å²) in [7, 11) is 0. The van der Waals surface area contributed by atoms with Gasteiger partial charge >= 0.3 is 0 Å². The van der Waals surface area contributed by atoms with Crippen LogP contribution in [0.4, 0.5) is 0 Å². The zero-order valence-corrected chi connectivity index (χ0v) is 15.2. The van der Waals surface area contributed by atoms with Crippen molar-refractivity contribution >= 4 is 33.1 Å². The second-order valence-corrected chi connectivity index (χ2v) is 6.85.